The summed E-state index contributed by atoms with van der Waals surface area (Å²) in [6, 6.07) is 8.05. The summed E-state index contributed by atoms with van der Waals surface area (Å²) in [6.45, 7) is 2.37. The number of nitrogen functional groups attached to an aromatic ring is 1. The fourth-order valence-corrected chi connectivity index (χ4v) is 1.93. The van der Waals surface area contributed by atoms with Crippen molar-refractivity contribution in [2.75, 3.05) is 25.9 Å². The Morgan fingerprint density at radius 3 is 2.65 bits per heavy atom. The minimum absolute atomic E-state index is 0.319. The molecule has 0 heterocycles. The van der Waals surface area contributed by atoms with Gasteiger partial charge in [-0.3, -0.25) is 0 Å². The standard InChI is InChI=1S/C14H24N2O/c1-16(9-4-2-3-5-10-17)12-13-7-6-8-14(15)11-13/h6-8,11,17H,2-5,9-10,12,15H2,1H3. The number of rotatable bonds is 8. The third-order valence-corrected chi connectivity index (χ3v) is 2.85. The fourth-order valence-electron chi connectivity index (χ4n) is 1.93. The molecule has 0 spiro atoms. The molecule has 1 aromatic rings. The number of unbranched alkanes of at least 4 members (excludes halogenated alkanes) is 3. The number of hydrogen-bond acceptors (Lipinski definition) is 3. The lowest BCUT2D eigenvalue weighted by atomic mass is 10.1. The maximum absolute atomic E-state index is 8.67. The Balaban J connectivity index is 2.18. The summed E-state index contributed by atoms with van der Waals surface area (Å²) in [7, 11) is 2.13. The maximum atomic E-state index is 8.67. The first-order chi connectivity index (χ1) is 8.22. The summed E-state index contributed by atoms with van der Waals surface area (Å²) in [6.07, 6.45) is 4.45. The number of anilines is 1. The molecule has 0 amide bonds. The van der Waals surface area contributed by atoms with Gasteiger partial charge in [-0.05, 0) is 44.1 Å². The molecule has 1 rings (SSSR count). The molecule has 3 nitrogen and oxygen atoms in total. The van der Waals surface area contributed by atoms with E-state index in [2.05, 4.69) is 18.0 Å². The Morgan fingerprint density at radius 1 is 1.18 bits per heavy atom. The zero-order valence-corrected chi connectivity index (χ0v) is 10.7. The van der Waals surface area contributed by atoms with Gasteiger partial charge in [0.1, 0.15) is 0 Å². The summed E-state index contributed by atoms with van der Waals surface area (Å²) in [5.41, 5.74) is 7.85. The van der Waals surface area contributed by atoms with Gasteiger partial charge in [-0.1, -0.05) is 25.0 Å². The van der Waals surface area contributed by atoms with Crippen LogP contribution in [0.3, 0.4) is 0 Å². The molecule has 3 N–H and O–H groups in total. The highest BCUT2D eigenvalue weighted by molar-refractivity contribution is 5.40. The van der Waals surface area contributed by atoms with E-state index in [9.17, 15) is 0 Å². The molecule has 96 valence electrons. The van der Waals surface area contributed by atoms with Crippen LogP contribution in [0.2, 0.25) is 0 Å². The Labute approximate surface area is 104 Å². The quantitative estimate of drug-likeness (QED) is 0.537. The summed E-state index contributed by atoms with van der Waals surface area (Å²) in [5, 5.41) is 8.67. The van der Waals surface area contributed by atoms with Gasteiger partial charge in [0.25, 0.3) is 0 Å². The van der Waals surface area contributed by atoms with E-state index in [1.54, 1.807) is 0 Å². The number of hydrogen-bond donors (Lipinski definition) is 2. The predicted molar refractivity (Wildman–Crippen MR) is 72.7 cm³/mol. The third kappa shape index (κ3) is 6.29. The molecule has 0 aromatic heterocycles. The molecule has 0 fully saturated rings. The number of aliphatic hydroxyl groups excluding tert-OH is 1. The lowest BCUT2D eigenvalue weighted by Crippen LogP contribution is -2.19. The van der Waals surface area contributed by atoms with E-state index in [0.29, 0.717) is 6.61 Å². The maximum Gasteiger partial charge on any atom is 0.0431 e. The fraction of sp³-hybridized carbons (Fsp3) is 0.571. The molecule has 0 radical (unpaired) electrons. The van der Waals surface area contributed by atoms with Crippen LogP contribution >= 0.6 is 0 Å². The van der Waals surface area contributed by atoms with Crippen molar-refractivity contribution in [3.63, 3.8) is 0 Å². The third-order valence-electron chi connectivity index (χ3n) is 2.85. The molecule has 0 saturated carbocycles. The van der Waals surface area contributed by atoms with Crippen LogP contribution < -0.4 is 5.73 Å². The van der Waals surface area contributed by atoms with Crippen LogP contribution in [0.5, 0.6) is 0 Å². The minimum atomic E-state index is 0.319. The summed E-state index contributed by atoms with van der Waals surface area (Å²) < 4.78 is 0. The van der Waals surface area contributed by atoms with Gasteiger partial charge in [0.05, 0.1) is 0 Å². The monoisotopic (exact) mass is 236 g/mol. The van der Waals surface area contributed by atoms with E-state index < -0.39 is 0 Å². The molecule has 0 atom stereocenters. The van der Waals surface area contributed by atoms with Crippen LogP contribution in [0.1, 0.15) is 31.2 Å². The van der Waals surface area contributed by atoms with Crippen molar-refractivity contribution >= 4 is 5.69 Å². The van der Waals surface area contributed by atoms with Crippen LogP contribution in [0, 0.1) is 0 Å². The van der Waals surface area contributed by atoms with E-state index in [0.717, 1.165) is 31.6 Å². The number of nitrogens with zero attached hydrogens (tertiary/aromatic N) is 1. The Kier molecular flexibility index (Phi) is 6.67. The second kappa shape index (κ2) is 8.09. The van der Waals surface area contributed by atoms with Gasteiger partial charge >= 0.3 is 0 Å². The van der Waals surface area contributed by atoms with Crippen molar-refractivity contribution in [2.24, 2.45) is 0 Å². The SMILES string of the molecule is CN(CCCCCCO)Cc1cccc(N)c1. The molecule has 3 heteroatoms. The van der Waals surface area contributed by atoms with E-state index in [1.807, 2.05) is 18.2 Å². The molecule has 0 aliphatic rings. The zero-order chi connectivity index (χ0) is 12.5. The van der Waals surface area contributed by atoms with Gasteiger partial charge in [0.15, 0.2) is 0 Å². The van der Waals surface area contributed by atoms with Gasteiger partial charge in [-0.15, -0.1) is 0 Å². The molecule has 1 aromatic carbocycles. The highest BCUT2D eigenvalue weighted by atomic mass is 16.2. The smallest absolute Gasteiger partial charge is 0.0431 e. The molecule has 0 aliphatic carbocycles. The van der Waals surface area contributed by atoms with Crippen molar-refractivity contribution in [1.82, 2.24) is 4.90 Å². The normalized spacial score (nSPS) is 11.0. The molecular weight excluding hydrogens is 212 g/mol. The molecule has 0 bridgehead atoms. The first-order valence-corrected chi connectivity index (χ1v) is 6.36. The second-order valence-corrected chi connectivity index (χ2v) is 4.62. The van der Waals surface area contributed by atoms with Crippen LogP contribution in [0.25, 0.3) is 0 Å². The van der Waals surface area contributed by atoms with E-state index in [4.69, 9.17) is 10.8 Å². The Morgan fingerprint density at radius 2 is 1.94 bits per heavy atom. The summed E-state index contributed by atoms with van der Waals surface area (Å²) >= 11 is 0. The lowest BCUT2D eigenvalue weighted by molar-refractivity contribution is 0.277. The highest BCUT2D eigenvalue weighted by Gasteiger charge is 2.00. The molecular formula is C14H24N2O. The Bertz CT molecular complexity index is 315. The van der Waals surface area contributed by atoms with Crippen molar-refractivity contribution < 1.29 is 5.11 Å². The van der Waals surface area contributed by atoms with E-state index in [-0.39, 0.29) is 0 Å². The topological polar surface area (TPSA) is 49.5 Å². The van der Waals surface area contributed by atoms with Crippen LogP contribution in [0.15, 0.2) is 24.3 Å². The van der Waals surface area contributed by atoms with Crippen LogP contribution in [0.4, 0.5) is 5.69 Å². The van der Waals surface area contributed by atoms with Gasteiger partial charge in [0, 0.05) is 18.8 Å². The second-order valence-electron chi connectivity index (χ2n) is 4.62. The van der Waals surface area contributed by atoms with Crippen molar-refractivity contribution in [3.8, 4) is 0 Å². The lowest BCUT2D eigenvalue weighted by Gasteiger charge is -2.16. The average Bonchev–Trinajstić information content (AvgIpc) is 2.29. The van der Waals surface area contributed by atoms with Gasteiger partial charge in [-0.2, -0.15) is 0 Å². The number of benzene rings is 1. The summed E-state index contributed by atoms with van der Waals surface area (Å²) in [5.74, 6) is 0. The van der Waals surface area contributed by atoms with Gasteiger partial charge < -0.3 is 15.7 Å². The van der Waals surface area contributed by atoms with Gasteiger partial charge in [-0.25, -0.2) is 0 Å². The van der Waals surface area contributed by atoms with Crippen molar-refractivity contribution in [1.29, 1.82) is 0 Å². The number of nitrogens with two attached hydrogens (primary N) is 1. The summed E-state index contributed by atoms with van der Waals surface area (Å²) in [4.78, 5) is 2.31. The van der Waals surface area contributed by atoms with Crippen LogP contribution in [-0.2, 0) is 6.54 Å². The average molecular weight is 236 g/mol. The zero-order valence-electron chi connectivity index (χ0n) is 10.7. The Hall–Kier alpha value is -1.06. The highest BCUT2D eigenvalue weighted by Crippen LogP contribution is 2.09. The van der Waals surface area contributed by atoms with Crippen LogP contribution in [-0.4, -0.2) is 30.2 Å². The predicted octanol–water partition coefficient (Wildman–Crippen LogP) is 2.25. The first-order valence-electron chi connectivity index (χ1n) is 6.36. The molecule has 0 saturated heterocycles. The van der Waals surface area contributed by atoms with Crippen molar-refractivity contribution in [2.45, 2.75) is 32.2 Å². The van der Waals surface area contributed by atoms with E-state index >= 15 is 0 Å². The molecule has 17 heavy (non-hydrogen) atoms. The first kappa shape index (κ1) is 14.0. The molecule has 0 aliphatic heterocycles. The largest absolute Gasteiger partial charge is 0.399 e. The van der Waals surface area contributed by atoms with E-state index in [1.165, 1.54) is 18.4 Å². The number of aliphatic hydroxyl groups is 1. The van der Waals surface area contributed by atoms with Gasteiger partial charge in [0.2, 0.25) is 0 Å². The van der Waals surface area contributed by atoms with Crippen molar-refractivity contribution in [3.05, 3.63) is 29.8 Å². The molecule has 0 unspecified atom stereocenters. The minimum Gasteiger partial charge on any atom is -0.399 e.